The van der Waals surface area contributed by atoms with Crippen molar-refractivity contribution in [2.24, 2.45) is 68.0 Å². The minimum absolute atomic E-state index is 0.0433. The monoisotopic (exact) mass is 758 g/mol. The smallest absolute Gasteiger partial charge is 0.332 e. The first-order chi connectivity index (χ1) is 25.1. The lowest BCUT2D eigenvalue weighted by Gasteiger charge is -2.61. The Hall–Kier alpha value is -2.47. The van der Waals surface area contributed by atoms with Crippen molar-refractivity contribution in [3.05, 3.63) is 12.7 Å². The van der Waals surface area contributed by atoms with E-state index in [-0.39, 0.29) is 64.3 Å². The van der Waals surface area contributed by atoms with E-state index in [2.05, 4.69) is 34.3 Å². The highest BCUT2D eigenvalue weighted by Gasteiger charge is 2.70. The van der Waals surface area contributed by atoms with Crippen LogP contribution in [0.3, 0.4) is 0 Å². The van der Waals surface area contributed by atoms with Crippen molar-refractivity contribution in [2.45, 2.75) is 144 Å². The molecule has 6 fully saturated rings. The van der Waals surface area contributed by atoms with Crippen molar-refractivity contribution in [3.8, 4) is 0 Å². The van der Waals surface area contributed by atoms with Gasteiger partial charge in [-0.25, -0.2) is 9.59 Å². The third kappa shape index (κ3) is 6.17. The van der Waals surface area contributed by atoms with Crippen LogP contribution in [-0.4, -0.2) is 87.8 Å². The van der Waals surface area contributed by atoms with Crippen LogP contribution >= 0.6 is 0 Å². The van der Waals surface area contributed by atoms with Crippen molar-refractivity contribution < 1.29 is 53.9 Å². The number of ketones is 2. The minimum Gasteiger partial charge on any atom is -0.460 e. The number of rotatable bonds is 6. The van der Waals surface area contributed by atoms with Gasteiger partial charge in [0.1, 0.15) is 43.3 Å². The molecule has 0 spiro atoms. The second-order valence-electron chi connectivity index (χ2n) is 19.4. The molecule has 6 rings (SSSR count). The summed E-state index contributed by atoms with van der Waals surface area (Å²) in [5, 5.41) is 41.0. The summed E-state index contributed by atoms with van der Waals surface area (Å²) in [5.74, 6) is -1.51. The van der Waals surface area contributed by atoms with E-state index in [0.717, 1.165) is 38.4 Å². The third-order valence-electron chi connectivity index (χ3n) is 17.2. The van der Waals surface area contributed by atoms with Gasteiger partial charge in [-0.3, -0.25) is 9.59 Å². The fourth-order valence-corrected chi connectivity index (χ4v) is 13.3. The fourth-order valence-electron chi connectivity index (χ4n) is 13.3. The molecule has 4 bridgehead atoms. The lowest BCUT2D eigenvalue weighted by molar-refractivity contribution is -0.210. The van der Waals surface area contributed by atoms with Crippen LogP contribution in [0.1, 0.15) is 120 Å². The normalized spacial score (nSPS) is 49.7. The highest BCUT2D eigenvalue weighted by molar-refractivity contribution is 5.86. The van der Waals surface area contributed by atoms with E-state index in [0.29, 0.717) is 25.7 Å². The third-order valence-corrected chi connectivity index (χ3v) is 17.2. The van der Waals surface area contributed by atoms with Gasteiger partial charge in [-0.2, -0.15) is 0 Å². The molecule has 11 heteroatoms. The van der Waals surface area contributed by atoms with Gasteiger partial charge < -0.3 is 34.7 Å². The van der Waals surface area contributed by atoms with E-state index >= 15 is 0 Å². The Morgan fingerprint density at radius 2 is 1.07 bits per heavy atom. The topological polar surface area (TPSA) is 185 Å². The van der Waals surface area contributed by atoms with Crippen LogP contribution in [0, 0.1) is 68.0 Å². The largest absolute Gasteiger partial charge is 0.460 e. The molecule has 0 heterocycles. The Kier molecular flexibility index (Phi) is 11.7. The highest BCUT2D eigenvalue weighted by atomic mass is 16.6. The Bertz CT molecular complexity index is 1400. The molecule has 0 amide bonds. The molecule has 0 saturated heterocycles. The molecule has 54 heavy (non-hydrogen) atoms. The summed E-state index contributed by atoms with van der Waals surface area (Å²) in [6.07, 6.45) is 6.25. The van der Waals surface area contributed by atoms with Gasteiger partial charge in [0.2, 0.25) is 0 Å². The second kappa shape index (κ2) is 14.8. The molecular formula is C43H66O11. The number of aliphatic hydroxyl groups excluding tert-OH is 4. The molecule has 6 aliphatic rings. The van der Waals surface area contributed by atoms with Crippen LogP contribution in [0.2, 0.25) is 0 Å². The number of aliphatic hydroxyl groups is 4. The van der Waals surface area contributed by atoms with E-state index in [9.17, 15) is 44.4 Å². The second-order valence-corrected chi connectivity index (χ2v) is 19.4. The first kappa shape index (κ1) is 42.7. The van der Waals surface area contributed by atoms with Crippen molar-refractivity contribution in [1.29, 1.82) is 0 Å². The summed E-state index contributed by atoms with van der Waals surface area (Å²) >= 11 is 0. The molecule has 0 aromatic heterocycles. The maximum atomic E-state index is 13.1. The summed E-state index contributed by atoms with van der Waals surface area (Å²) in [6, 6.07) is 0. The number of hydrogen-bond donors (Lipinski definition) is 4. The predicted molar refractivity (Wildman–Crippen MR) is 199 cm³/mol. The lowest BCUT2D eigenvalue weighted by atomic mass is 9.44. The zero-order valence-corrected chi connectivity index (χ0v) is 33.8. The molecule has 6 aliphatic carbocycles. The van der Waals surface area contributed by atoms with Crippen molar-refractivity contribution in [1.82, 2.24) is 0 Å². The number of aldehydes is 1. The van der Waals surface area contributed by atoms with Crippen LogP contribution in [0.4, 0.5) is 0 Å². The Morgan fingerprint density at radius 3 is 1.43 bits per heavy atom. The maximum absolute atomic E-state index is 13.1. The quantitative estimate of drug-likeness (QED) is 0.166. The zero-order chi connectivity index (χ0) is 40.4. The van der Waals surface area contributed by atoms with Crippen molar-refractivity contribution in [2.75, 3.05) is 13.2 Å². The van der Waals surface area contributed by atoms with Crippen LogP contribution in [0.25, 0.3) is 0 Å². The van der Waals surface area contributed by atoms with E-state index in [4.69, 9.17) is 9.47 Å². The predicted octanol–water partition coefficient (Wildman–Crippen LogP) is 4.78. The SMILES string of the molecule is C=C[C@]1(C)C[C@@H](OC(=O)CO)[C@]2(C)[C@H](C)CC[C@]3(CCC(=O)[C@H]32)[C@@H](C)[C@@H]1O.C[C@@H]1CC[C@@]23CCC(=O)[C@H]2[C@]1(C)[C@H](OC(=O)CO)C[C@@](C)(C=O)[C@@H](O)[C@@H]3C. The number of hydrogen-bond acceptors (Lipinski definition) is 11. The number of carbonyl (C=O) groups excluding carboxylic acids is 5. The standard InChI is InChI=1S/C22H34O5.C21H32O6/c1-6-20(4)11-16(27-17(25)12-23)21(5)13(2)7-9-22(14(3)19(20)26)10-8-15(24)18(21)22;1-12-5-7-21-8-6-14(24)17(21)20(12,4)15(27-16(25)10-22)9-19(3,11-23)18(26)13(21)2/h6,13-14,16,18-19,23,26H,1,7-12H2,2-5H3;11-13,15,17-18,22,26H,5-10H2,1-4H3/t13-,14+,16-,18+,19+,20-,21+,22+;12-,13+,15-,17+,18+,19+,20+,21+/m11/s1. The van der Waals surface area contributed by atoms with Crippen LogP contribution in [-0.2, 0) is 33.4 Å². The Morgan fingerprint density at radius 1 is 0.704 bits per heavy atom. The van der Waals surface area contributed by atoms with Crippen LogP contribution in [0.5, 0.6) is 0 Å². The van der Waals surface area contributed by atoms with Gasteiger partial charge in [0.05, 0.1) is 17.6 Å². The molecule has 304 valence electrons. The number of ether oxygens (including phenoxy) is 2. The van der Waals surface area contributed by atoms with Gasteiger partial charge in [0, 0.05) is 40.9 Å². The molecule has 0 aliphatic heterocycles. The summed E-state index contributed by atoms with van der Waals surface area (Å²) in [6.45, 7) is 18.5. The Labute approximate surface area is 321 Å². The van der Waals surface area contributed by atoms with Crippen LogP contribution in [0.15, 0.2) is 12.7 Å². The molecule has 0 aromatic rings. The zero-order valence-electron chi connectivity index (χ0n) is 33.8. The van der Waals surface area contributed by atoms with Gasteiger partial charge in [0.25, 0.3) is 0 Å². The molecular weight excluding hydrogens is 692 g/mol. The molecule has 16 atom stereocenters. The summed E-state index contributed by atoms with van der Waals surface area (Å²) in [7, 11) is 0. The minimum atomic E-state index is -1.08. The summed E-state index contributed by atoms with van der Waals surface area (Å²) in [4.78, 5) is 62.3. The Balaban J connectivity index is 0.000000208. The molecule has 0 unspecified atom stereocenters. The molecule has 0 aromatic carbocycles. The molecule has 0 radical (unpaired) electrons. The average molecular weight is 759 g/mol. The summed E-state index contributed by atoms with van der Waals surface area (Å²) < 4.78 is 11.4. The van der Waals surface area contributed by atoms with Crippen molar-refractivity contribution in [3.63, 3.8) is 0 Å². The lowest BCUT2D eigenvalue weighted by Crippen LogP contribution is -2.63. The van der Waals surface area contributed by atoms with E-state index in [1.165, 1.54) is 0 Å². The molecule has 6 saturated carbocycles. The van der Waals surface area contributed by atoms with Gasteiger partial charge in [-0.1, -0.05) is 61.5 Å². The van der Waals surface area contributed by atoms with Gasteiger partial charge in [-0.05, 0) is 85.9 Å². The first-order valence-corrected chi connectivity index (χ1v) is 20.3. The number of esters is 2. The van der Waals surface area contributed by atoms with Gasteiger partial charge in [-0.15, -0.1) is 6.58 Å². The van der Waals surface area contributed by atoms with Crippen LogP contribution < -0.4 is 0 Å². The maximum Gasteiger partial charge on any atom is 0.332 e. The molecule has 11 nitrogen and oxygen atoms in total. The average Bonchev–Trinajstić information content (AvgIpc) is 3.70. The summed E-state index contributed by atoms with van der Waals surface area (Å²) in [5.41, 5.74) is -3.52. The van der Waals surface area contributed by atoms with Crippen molar-refractivity contribution >= 4 is 29.8 Å². The number of Topliss-reactive ketones (excluding diaryl/α,β-unsaturated/α-hetero) is 2. The van der Waals surface area contributed by atoms with Gasteiger partial charge in [0.15, 0.2) is 0 Å². The molecule has 4 N–H and O–H groups in total. The van der Waals surface area contributed by atoms with E-state index in [1.54, 1.807) is 13.0 Å². The van der Waals surface area contributed by atoms with E-state index < -0.39 is 71.2 Å². The number of carbonyl (C=O) groups is 5. The fraction of sp³-hybridized carbons (Fsp3) is 0.837. The van der Waals surface area contributed by atoms with E-state index in [1.807, 2.05) is 20.8 Å². The first-order valence-electron chi connectivity index (χ1n) is 20.3. The van der Waals surface area contributed by atoms with Gasteiger partial charge >= 0.3 is 11.9 Å². The highest BCUT2D eigenvalue weighted by Crippen LogP contribution is 2.69.